The maximum absolute atomic E-state index is 5.82. The molecule has 1 N–H and O–H groups in total. The highest BCUT2D eigenvalue weighted by Gasteiger charge is 2.35. The average molecular weight is 268 g/mol. The Kier molecular flexibility index (Phi) is 3.23. The van der Waals surface area contributed by atoms with Crippen molar-refractivity contribution < 1.29 is 4.74 Å². The van der Waals surface area contributed by atoms with E-state index in [0.717, 1.165) is 28.6 Å². The van der Waals surface area contributed by atoms with Gasteiger partial charge in [-0.25, -0.2) is 4.98 Å². The minimum absolute atomic E-state index is 0.123. The molecule has 1 aliphatic heterocycles. The van der Waals surface area contributed by atoms with Gasteiger partial charge in [0.2, 0.25) is 0 Å². The molecule has 1 aromatic heterocycles. The van der Waals surface area contributed by atoms with Gasteiger partial charge >= 0.3 is 0 Å². The van der Waals surface area contributed by atoms with Crippen molar-refractivity contribution in [2.45, 2.75) is 37.4 Å². The second-order valence-corrected chi connectivity index (χ2v) is 5.96. The molecule has 1 atom stereocenters. The molecular weight excluding hydrogens is 252 g/mol. The molecule has 0 saturated heterocycles. The Labute approximate surface area is 110 Å². The van der Waals surface area contributed by atoms with Crippen LogP contribution >= 0.6 is 24.0 Å². The molecular formula is C12H16N2OS2. The van der Waals surface area contributed by atoms with E-state index < -0.39 is 0 Å². The van der Waals surface area contributed by atoms with Crippen molar-refractivity contribution in [2.24, 2.45) is 5.92 Å². The molecule has 2 aliphatic rings. The standard InChI is InChI=1S/C12H16N2OS2/c1-2-15-10(7-3-4-7)11-13-9-6-17-5-8(9)12(16)14-11/h7,10H,2-6H2,1H3,(H,13,14,16). The average Bonchev–Trinajstić information content (AvgIpc) is 3.03. The third kappa shape index (κ3) is 2.28. The van der Waals surface area contributed by atoms with Crippen LogP contribution in [0.3, 0.4) is 0 Å². The van der Waals surface area contributed by atoms with E-state index >= 15 is 0 Å². The minimum Gasteiger partial charge on any atom is -0.370 e. The summed E-state index contributed by atoms with van der Waals surface area (Å²) < 4.78 is 6.59. The molecule has 0 amide bonds. The molecule has 1 unspecified atom stereocenters. The number of fused-ring (bicyclic) bond motifs is 1. The summed E-state index contributed by atoms with van der Waals surface area (Å²) in [5.41, 5.74) is 2.48. The number of aromatic amines is 1. The fourth-order valence-electron chi connectivity index (χ4n) is 2.24. The Balaban J connectivity index is 1.96. The van der Waals surface area contributed by atoms with Gasteiger partial charge in [0.1, 0.15) is 16.6 Å². The van der Waals surface area contributed by atoms with Crippen LogP contribution in [-0.4, -0.2) is 16.6 Å². The summed E-state index contributed by atoms with van der Waals surface area (Å²) in [7, 11) is 0. The normalized spacial score (nSPS) is 20.3. The van der Waals surface area contributed by atoms with Crippen molar-refractivity contribution in [3.05, 3.63) is 21.7 Å². The zero-order chi connectivity index (χ0) is 11.8. The van der Waals surface area contributed by atoms with Crippen LogP contribution in [0.1, 0.15) is 43.0 Å². The van der Waals surface area contributed by atoms with Gasteiger partial charge in [0.15, 0.2) is 0 Å². The molecule has 1 fully saturated rings. The smallest absolute Gasteiger partial charge is 0.137 e. The highest BCUT2D eigenvalue weighted by atomic mass is 32.2. The molecule has 2 heterocycles. The first kappa shape index (κ1) is 11.7. The zero-order valence-electron chi connectivity index (χ0n) is 9.86. The number of nitrogens with zero attached hydrogens (tertiary/aromatic N) is 1. The Morgan fingerprint density at radius 2 is 2.35 bits per heavy atom. The number of hydrogen-bond donors (Lipinski definition) is 1. The van der Waals surface area contributed by atoms with Gasteiger partial charge in [-0.05, 0) is 25.7 Å². The van der Waals surface area contributed by atoms with Crippen molar-refractivity contribution in [1.82, 2.24) is 9.97 Å². The van der Waals surface area contributed by atoms with Gasteiger partial charge in [-0.2, -0.15) is 11.8 Å². The summed E-state index contributed by atoms with van der Waals surface area (Å²) in [6, 6.07) is 0. The van der Waals surface area contributed by atoms with E-state index in [0.29, 0.717) is 5.92 Å². The molecule has 5 heteroatoms. The third-order valence-corrected chi connectivity index (χ3v) is 4.61. The first-order chi connectivity index (χ1) is 8.29. The number of hydrogen-bond acceptors (Lipinski definition) is 4. The summed E-state index contributed by atoms with van der Waals surface area (Å²) >= 11 is 7.27. The predicted octanol–water partition coefficient (Wildman–Crippen LogP) is 3.37. The largest absolute Gasteiger partial charge is 0.370 e. The summed E-state index contributed by atoms with van der Waals surface area (Å²) in [5, 5.41) is 0. The second-order valence-electron chi connectivity index (χ2n) is 4.59. The van der Waals surface area contributed by atoms with Gasteiger partial charge in [0.25, 0.3) is 0 Å². The van der Waals surface area contributed by atoms with Crippen molar-refractivity contribution >= 4 is 24.0 Å². The first-order valence-corrected chi connectivity index (χ1v) is 7.67. The van der Waals surface area contributed by atoms with E-state index in [9.17, 15) is 0 Å². The Bertz CT molecular complexity index is 482. The number of ether oxygens (including phenoxy) is 1. The van der Waals surface area contributed by atoms with Crippen LogP contribution in [0.15, 0.2) is 0 Å². The molecule has 0 radical (unpaired) electrons. The summed E-state index contributed by atoms with van der Waals surface area (Å²) in [6.45, 7) is 2.77. The van der Waals surface area contributed by atoms with Crippen molar-refractivity contribution in [3.8, 4) is 0 Å². The minimum atomic E-state index is 0.123. The Morgan fingerprint density at radius 1 is 1.53 bits per heavy atom. The van der Waals surface area contributed by atoms with E-state index in [1.165, 1.54) is 24.1 Å². The summed E-state index contributed by atoms with van der Waals surface area (Å²) in [4.78, 5) is 7.99. The van der Waals surface area contributed by atoms with Crippen LogP contribution in [0.4, 0.5) is 0 Å². The lowest BCUT2D eigenvalue weighted by atomic mass is 10.2. The topological polar surface area (TPSA) is 37.9 Å². The van der Waals surface area contributed by atoms with Crippen LogP contribution < -0.4 is 0 Å². The van der Waals surface area contributed by atoms with Crippen LogP contribution in [0.5, 0.6) is 0 Å². The molecule has 1 aromatic rings. The van der Waals surface area contributed by atoms with Gasteiger partial charge in [0.05, 0.1) is 0 Å². The molecule has 1 saturated carbocycles. The number of H-pyrrole nitrogens is 1. The Hall–Kier alpha value is -0.390. The van der Waals surface area contributed by atoms with Crippen molar-refractivity contribution in [1.29, 1.82) is 0 Å². The van der Waals surface area contributed by atoms with Crippen molar-refractivity contribution in [3.63, 3.8) is 0 Å². The Morgan fingerprint density at radius 3 is 3.06 bits per heavy atom. The van der Waals surface area contributed by atoms with E-state index in [1.54, 1.807) is 0 Å². The van der Waals surface area contributed by atoms with E-state index in [2.05, 4.69) is 9.97 Å². The monoisotopic (exact) mass is 268 g/mol. The van der Waals surface area contributed by atoms with Gasteiger partial charge in [-0.3, -0.25) is 0 Å². The highest BCUT2D eigenvalue weighted by molar-refractivity contribution is 7.98. The molecule has 0 spiro atoms. The molecule has 17 heavy (non-hydrogen) atoms. The lowest BCUT2D eigenvalue weighted by molar-refractivity contribution is 0.0398. The van der Waals surface area contributed by atoms with Crippen LogP contribution in [0, 0.1) is 10.6 Å². The second kappa shape index (κ2) is 4.71. The third-order valence-electron chi connectivity index (χ3n) is 3.28. The van der Waals surface area contributed by atoms with Crippen LogP contribution in [0.2, 0.25) is 0 Å². The lowest BCUT2D eigenvalue weighted by Gasteiger charge is -2.16. The number of thioether (sulfide) groups is 1. The maximum atomic E-state index is 5.82. The fraction of sp³-hybridized carbons (Fsp3) is 0.667. The first-order valence-electron chi connectivity index (χ1n) is 6.11. The molecule has 3 nitrogen and oxygen atoms in total. The molecule has 92 valence electrons. The fourth-order valence-corrected chi connectivity index (χ4v) is 3.70. The quantitative estimate of drug-likeness (QED) is 0.850. The number of aromatic nitrogens is 2. The van der Waals surface area contributed by atoms with Crippen LogP contribution in [-0.2, 0) is 16.2 Å². The van der Waals surface area contributed by atoms with Gasteiger partial charge in [0, 0.05) is 29.4 Å². The maximum Gasteiger partial charge on any atom is 0.137 e. The van der Waals surface area contributed by atoms with Crippen molar-refractivity contribution in [2.75, 3.05) is 6.61 Å². The highest BCUT2D eigenvalue weighted by Crippen LogP contribution is 2.42. The summed E-state index contributed by atoms with van der Waals surface area (Å²) in [5.74, 6) is 3.61. The molecule has 1 aliphatic carbocycles. The van der Waals surface area contributed by atoms with E-state index in [4.69, 9.17) is 17.0 Å². The lowest BCUT2D eigenvalue weighted by Crippen LogP contribution is -2.12. The van der Waals surface area contributed by atoms with Gasteiger partial charge < -0.3 is 9.72 Å². The van der Waals surface area contributed by atoms with Gasteiger partial charge in [-0.1, -0.05) is 12.2 Å². The summed E-state index contributed by atoms with van der Waals surface area (Å²) in [6.07, 6.45) is 2.62. The van der Waals surface area contributed by atoms with Gasteiger partial charge in [-0.15, -0.1) is 0 Å². The van der Waals surface area contributed by atoms with Crippen LogP contribution in [0.25, 0.3) is 0 Å². The zero-order valence-corrected chi connectivity index (χ0v) is 11.5. The molecule has 0 aromatic carbocycles. The number of nitrogens with one attached hydrogen (secondary N) is 1. The number of rotatable bonds is 4. The van der Waals surface area contributed by atoms with E-state index in [1.807, 2.05) is 18.7 Å². The SMILES string of the molecule is CCOC(c1nc(=S)c2c([nH]1)CSC2)C1CC1. The van der Waals surface area contributed by atoms with E-state index in [-0.39, 0.29) is 6.10 Å². The molecule has 0 bridgehead atoms. The predicted molar refractivity (Wildman–Crippen MR) is 71.5 cm³/mol. The molecule has 3 rings (SSSR count).